The van der Waals surface area contributed by atoms with E-state index in [0.29, 0.717) is 6.04 Å². The summed E-state index contributed by atoms with van der Waals surface area (Å²) < 4.78 is 7.17. The molecule has 0 aliphatic carbocycles. The van der Waals surface area contributed by atoms with Gasteiger partial charge in [-0.05, 0) is 40.5 Å². The van der Waals surface area contributed by atoms with Crippen molar-refractivity contribution in [3.05, 3.63) is 24.5 Å². The SMILES string of the molecule is C=Cn1cc(CNC2CCN(C(=O)OC(C)(C)C)C(C)C2)cn1. The Labute approximate surface area is 138 Å². The van der Waals surface area contributed by atoms with Crippen molar-refractivity contribution in [3.63, 3.8) is 0 Å². The number of amides is 1. The second kappa shape index (κ2) is 7.17. The predicted molar refractivity (Wildman–Crippen MR) is 90.9 cm³/mol. The summed E-state index contributed by atoms with van der Waals surface area (Å²) in [5.74, 6) is 0. The molecule has 1 aliphatic rings. The van der Waals surface area contributed by atoms with Gasteiger partial charge in [0, 0.05) is 43.1 Å². The maximum atomic E-state index is 12.2. The minimum absolute atomic E-state index is 0.173. The average Bonchev–Trinajstić information content (AvgIpc) is 2.91. The molecule has 1 fully saturated rings. The summed E-state index contributed by atoms with van der Waals surface area (Å²) in [7, 11) is 0. The van der Waals surface area contributed by atoms with Gasteiger partial charge in [-0.3, -0.25) is 0 Å². The summed E-state index contributed by atoms with van der Waals surface area (Å²) >= 11 is 0. The number of nitrogens with one attached hydrogen (secondary N) is 1. The number of hydrogen-bond donors (Lipinski definition) is 1. The van der Waals surface area contributed by atoms with E-state index < -0.39 is 5.60 Å². The van der Waals surface area contributed by atoms with E-state index in [0.717, 1.165) is 31.5 Å². The number of aromatic nitrogens is 2. The zero-order valence-corrected chi connectivity index (χ0v) is 14.6. The molecule has 0 aromatic carbocycles. The van der Waals surface area contributed by atoms with Gasteiger partial charge < -0.3 is 15.0 Å². The minimum atomic E-state index is -0.447. The van der Waals surface area contributed by atoms with Crippen LogP contribution < -0.4 is 5.32 Å². The molecule has 23 heavy (non-hydrogen) atoms. The molecule has 6 nitrogen and oxygen atoms in total. The van der Waals surface area contributed by atoms with E-state index in [2.05, 4.69) is 23.9 Å². The van der Waals surface area contributed by atoms with Crippen LogP contribution in [0.5, 0.6) is 0 Å². The molecule has 0 spiro atoms. The van der Waals surface area contributed by atoms with Crippen LogP contribution in [0.2, 0.25) is 0 Å². The highest BCUT2D eigenvalue weighted by Crippen LogP contribution is 2.20. The first-order valence-corrected chi connectivity index (χ1v) is 8.17. The molecular weight excluding hydrogens is 292 g/mol. The molecule has 128 valence electrons. The summed E-state index contributed by atoms with van der Waals surface area (Å²) in [5, 5.41) is 7.72. The van der Waals surface area contributed by atoms with Crippen molar-refractivity contribution in [1.82, 2.24) is 20.0 Å². The van der Waals surface area contributed by atoms with E-state index in [1.807, 2.05) is 38.1 Å². The topological polar surface area (TPSA) is 59.4 Å². The number of hydrogen-bond acceptors (Lipinski definition) is 4. The number of ether oxygens (including phenoxy) is 1. The second-order valence-electron chi connectivity index (χ2n) is 7.14. The second-order valence-corrected chi connectivity index (χ2v) is 7.14. The summed E-state index contributed by atoms with van der Waals surface area (Å²) in [6, 6.07) is 0.572. The first-order chi connectivity index (χ1) is 10.8. The molecule has 6 heteroatoms. The zero-order valence-electron chi connectivity index (χ0n) is 14.6. The highest BCUT2D eigenvalue weighted by atomic mass is 16.6. The van der Waals surface area contributed by atoms with Gasteiger partial charge in [-0.15, -0.1) is 0 Å². The fraction of sp³-hybridized carbons (Fsp3) is 0.647. The van der Waals surface area contributed by atoms with Gasteiger partial charge in [-0.25, -0.2) is 9.48 Å². The molecule has 1 N–H and O–H groups in total. The Kier molecular flexibility index (Phi) is 5.46. The lowest BCUT2D eigenvalue weighted by atomic mass is 9.98. The van der Waals surface area contributed by atoms with Crippen molar-refractivity contribution < 1.29 is 9.53 Å². The van der Waals surface area contributed by atoms with Gasteiger partial charge in [-0.1, -0.05) is 6.58 Å². The first-order valence-electron chi connectivity index (χ1n) is 8.17. The molecule has 2 rings (SSSR count). The lowest BCUT2D eigenvalue weighted by Crippen LogP contribution is -2.50. The Bertz CT molecular complexity index is 547. The van der Waals surface area contributed by atoms with Crippen molar-refractivity contribution in [2.24, 2.45) is 0 Å². The number of rotatable bonds is 4. The molecule has 1 amide bonds. The van der Waals surface area contributed by atoms with Crippen LogP contribution in [-0.4, -0.2) is 45.0 Å². The van der Waals surface area contributed by atoms with Crippen LogP contribution in [0.25, 0.3) is 6.20 Å². The minimum Gasteiger partial charge on any atom is -0.444 e. The first kappa shape index (κ1) is 17.5. The monoisotopic (exact) mass is 320 g/mol. The molecule has 1 aromatic rings. The maximum Gasteiger partial charge on any atom is 0.410 e. The molecule has 0 bridgehead atoms. The average molecular weight is 320 g/mol. The third-order valence-corrected chi connectivity index (χ3v) is 3.94. The van der Waals surface area contributed by atoms with Gasteiger partial charge in [0.15, 0.2) is 0 Å². The van der Waals surface area contributed by atoms with Crippen LogP contribution in [0.15, 0.2) is 19.0 Å². The van der Waals surface area contributed by atoms with Crippen LogP contribution in [0.4, 0.5) is 4.79 Å². The van der Waals surface area contributed by atoms with E-state index in [1.165, 1.54) is 0 Å². The standard InChI is InChI=1S/C17H28N4O2/c1-6-20-12-14(11-19-20)10-18-15-7-8-21(13(2)9-15)16(22)23-17(3,4)5/h6,11-13,15,18H,1,7-10H2,2-5H3. The number of likely N-dealkylation sites (tertiary alicyclic amines) is 1. The molecule has 1 aromatic heterocycles. The van der Waals surface area contributed by atoms with Crippen molar-refractivity contribution in [3.8, 4) is 0 Å². The number of piperidine rings is 1. The Hall–Kier alpha value is -1.82. The molecule has 1 saturated heterocycles. The van der Waals surface area contributed by atoms with Crippen LogP contribution in [0, 0.1) is 0 Å². The van der Waals surface area contributed by atoms with Crippen LogP contribution in [0.1, 0.15) is 46.1 Å². The molecule has 2 atom stereocenters. The van der Waals surface area contributed by atoms with Crippen molar-refractivity contribution in [2.45, 2.75) is 64.8 Å². The number of nitrogens with zero attached hydrogens (tertiary/aromatic N) is 3. The third kappa shape index (κ3) is 5.10. The molecule has 2 heterocycles. The number of carbonyl (C=O) groups excluding carboxylic acids is 1. The molecule has 0 saturated carbocycles. The van der Waals surface area contributed by atoms with E-state index in [1.54, 1.807) is 10.9 Å². The Morgan fingerprint density at radius 1 is 1.57 bits per heavy atom. The Balaban J connectivity index is 1.81. The van der Waals surface area contributed by atoms with Crippen LogP contribution in [-0.2, 0) is 11.3 Å². The summed E-state index contributed by atoms with van der Waals surface area (Å²) in [5.41, 5.74) is 0.684. The smallest absolute Gasteiger partial charge is 0.410 e. The van der Waals surface area contributed by atoms with Gasteiger partial charge in [0.2, 0.25) is 0 Å². The fourth-order valence-electron chi connectivity index (χ4n) is 2.78. The van der Waals surface area contributed by atoms with Crippen LogP contribution >= 0.6 is 0 Å². The largest absolute Gasteiger partial charge is 0.444 e. The molecular formula is C17H28N4O2. The lowest BCUT2D eigenvalue weighted by molar-refractivity contribution is 0.00932. The summed E-state index contributed by atoms with van der Waals surface area (Å²) in [6.45, 7) is 12.9. The highest BCUT2D eigenvalue weighted by molar-refractivity contribution is 5.68. The predicted octanol–water partition coefficient (Wildman–Crippen LogP) is 2.86. The maximum absolute atomic E-state index is 12.2. The van der Waals surface area contributed by atoms with E-state index >= 15 is 0 Å². The van der Waals surface area contributed by atoms with Gasteiger partial charge in [0.1, 0.15) is 5.60 Å². The number of carbonyl (C=O) groups is 1. The summed E-state index contributed by atoms with van der Waals surface area (Å²) in [4.78, 5) is 14.0. The van der Waals surface area contributed by atoms with Crippen LogP contribution in [0.3, 0.4) is 0 Å². The van der Waals surface area contributed by atoms with E-state index in [-0.39, 0.29) is 12.1 Å². The highest BCUT2D eigenvalue weighted by Gasteiger charge is 2.31. The fourth-order valence-corrected chi connectivity index (χ4v) is 2.78. The van der Waals surface area contributed by atoms with Crippen molar-refractivity contribution in [2.75, 3.05) is 6.54 Å². The summed E-state index contributed by atoms with van der Waals surface area (Å²) in [6.07, 6.45) is 7.11. The quantitative estimate of drug-likeness (QED) is 0.927. The van der Waals surface area contributed by atoms with Gasteiger partial charge in [0.05, 0.1) is 6.20 Å². The van der Waals surface area contributed by atoms with Gasteiger partial charge in [0.25, 0.3) is 0 Å². The Morgan fingerprint density at radius 2 is 2.30 bits per heavy atom. The Morgan fingerprint density at radius 3 is 2.87 bits per heavy atom. The lowest BCUT2D eigenvalue weighted by Gasteiger charge is -2.38. The molecule has 2 unspecified atom stereocenters. The molecule has 1 aliphatic heterocycles. The van der Waals surface area contributed by atoms with Gasteiger partial charge >= 0.3 is 6.09 Å². The van der Waals surface area contributed by atoms with Crippen molar-refractivity contribution >= 4 is 12.3 Å². The zero-order chi connectivity index (χ0) is 17.0. The van der Waals surface area contributed by atoms with E-state index in [4.69, 9.17) is 4.74 Å². The normalized spacial score (nSPS) is 22.0. The molecule has 0 radical (unpaired) electrons. The van der Waals surface area contributed by atoms with Crippen molar-refractivity contribution in [1.29, 1.82) is 0 Å². The van der Waals surface area contributed by atoms with E-state index in [9.17, 15) is 4.79 Å². The van der Waals surface area contributed by atoms with Gasteiger partial charge in [-0.2, -0.15) is 5.10 Å². The third-order valence-electron chi connectivity index (χ3n) is 3.94.